The summed E-state index contributed by atoms with van der Waals surface area (Å²) in [5.41, 5.74) is -0.535. The third-order valence-corrected chi connectivity index (χ3v) is 2.14. The second-order valence-corrected chi connectivity index (χ2v) is 3.20. The largest absolute Gasteiger partial charge is 0.293 e. The van der Waals surface area contributed by atoms with E-state index in [2.05, 4.69) is 0 Å². The molecule has 0 bridgehead atoms. The molecular formula is C9H7ClFNO3. The third kappa shape index (κ3) is 2.30. The van der Waals surface area contributed by atoms with Gasteiger partial charge in [0.05, 0.1) is 22.4 Å². The SMILES string of the molecule is Cc1cc(C(=O)CCl)c([N+](=O)[O-])cc1F. The standard InChI is InChI=1S/C9H7ClFNO3/c1-5-2-6(9(13)4-10)8(12(14)15)3-7(5)11/h2-3H,4H2,1H3. The summed E-state index contributed by atoms with van der Waals surface area (Å²) >= 11 is 5.29. The van der Waals surface area contributed by atoms with Gasteiger partial charge >= 0.3 is 0 Å². The molecule has 0 saturated carbocycles. The first-order chi connectivity index (χ1) is 6.97. The highest BCUT2D eigenvalue weighted by Crippen LogP contribution is 2.23. The maximum Gasteiger partial charge on any atom is 0.283 e. The van der Waals surface area contributed by atoms with Crippen LogP contribution in [0.25, 0.3) is 0 Å². The zero-order valence-corrected chi connectivity index (χ0v) is 8.55. The van der Waals surface area contributed by atoms with Crippen LogP contribution in [0.3, 0.4) is 0 Å². The summed E-state index contributed by atoms with van der Waals surface area (Å²) in [6.07, 6.45) is 0. The third-order valence-electron chi connectivity index (χ3n) is 1.90. The highest BCUT2D eigenvalue weighted by Gasteiger charge is 2.21. The van der Waals surface area contributed by atoms with Gasteiger partial charge in [0.1, 0.15) is 5.82 Å². The van der Waals surface area contributed by atoms with Crippen LogP contribution in [-0.2, 0) is 0 Å². The quantitative estimate of drug-likeness (QED) is 0.347. The number of carbonyl (C=O) groups is 1. The zero-order chi connectivity index (χ0) is 11.6. The molecule has 6 heteroatoms. The summed E-state index contributed by atoms with van der Waals surface area (Å²) in [5.74, 6) is -1.68. The highest BCUT2D eigenvalue weighted by atomic mass is 35.5. The summed E-state index contributed by atoms with van der Waals surface area (Å²) in [7, 11) is 0. The summed E-state index contributed by atoms with van der Waals surface area (Å²) in [6, 6.07) is 1.87. The average Bonchev–Trinajstić information content (AvgIpc) is 2.20. The molecule has 0 aliphatic rings. The molecule has 0 aliphatic heterocycles. The van der Waals surface area contributed by atoms with Crippen molar-refractivity contribution in [3.63, 3.8) is 0 Å². The summed E-state index contributed by atoms with van der Waals surface area (Å²) in [6.45, 7) is 1.42. The van der Waals surface area contributed by atoms with Gasteiger partial charge in [0.25, 0.3) is 5.69 Å². The zero-order valence-electron chi connectivity index (χ0n) is 7.79. The number of hydrogen-bond donors (Lipinski definition) is 0. The molecule has 0 aromatic heterocycles. The Morgan fingerprint density at radius 2 is 2.20 bits per heavy atom. The Labute approximate surface area is 89.8 Å². The number of alkyl halides is 1. The van der Waals surface area contributed by atoms with Crippen LogP contribution in [0.2, 0.25) is 0 Å². The lowest BCUT2D eigenvalue weighted by Crippen LogP contribution is -2.06. The Morgan fingerprint density at radius 3 is 2.67 bits per heavy atom. The summed E-state index contributed by atoms with van der Waals surface area (Å²) < 4.78 is 13.0. The molecule has 80 valence electrons. The number of halogens is 2. The van der Waals surface area contributed by atoms with Crippen molar-refractivity contribution in [1.29, 1.82) is 0 Å². The molecule has 0 aliphatic carbocycles. The van der Waals surface area contributed by atoms with E-state index in [0.29, 0.717) is 0 Å². The molecule has 0 radical (unpaired) electrons. The van der Waals surface area contributed by atoms with E-state index in [0.717, 1.165) is 12.1 Å². The fourth-order valence-corrected chi connectivity index (χ4v) is 1.26. The van der Waals surface area contributed by atoms with Gasteiger partial charge in [-0.15, -0.1) is 11.6 Å². The van der Waals surface area contributed by atoms with Crippen molar-refractivity contribution in [1.82, 2.24) is 0 Å². The minimum absolute atomic E-state index is 0.158. The van der Waals surface area contributed by atoms with E-state index in [1.165, 1.54) is 6.92 Å². The van der Waals surface area contributed by atoms with Crippen molar-refractivity contribution in [2.45, 2.75) is 6.92 Å². The van der Waals surface area contributed by atoms with Crippen LogP contribution in [0.15, 0.2) is 12.1 Å². The van der Waals surface area contributed by atoms with Gasteiger partial charge in [-0.3, -0.25) is 14.9 Å². The topological polar surface area (TPSA) is 60.2 Å². The number of nitrogens with zero attached hydrogens (tertiary/aromatic N) is 1. The van der Waals surface area contributed by atoms with Gasteiger partial charge < -0.3 is 0 Å². The van der Waals surface area contributed by atoms with E-state index in [1.807, 2.05) is 0 Å². The lowest BCUT2D eigenvalue weighted by atomic mass is 10.1. The molecule has 0 fully saturated rings. The lowest BCUT2D eigenvalue weighted by Gasteiger charge is -2.02. The van der Waals surface area contributed by atoms with Gasteiger partial charge in [-0.05, 0) is 18.6 Å². The highest BCUT2D eigenvalue weighted by molar-refractivity contribution is 6.31. The molecule has 1 rings (SSSR count). The normalized spacial score (nSPS) is 10.1. The van der Waals surface area contributed by atoms with Crippen molar-refractivity contribution in [2.75, 3.05) is 5.88 Å². The van der Waals surface area contributed by atoms with Crippen LogP contribution in [0.4, 0.5) is 10.1 Å². The molecule has 15 heavy (non-hydrogen) atoms. The molecular weight excluding hydrogens is 225 g/mol. The number of hydrogen-bond acceptors (Lipinski definition) is 3. The van der Waals surface area contributed by atoms with Gasteiger partial charge in [0.2, 0.25) is 0 Å². The molecule has 0 heterocycles. The molecule has 0 N–H and O–H groups in total. The predicted octanol–water partition coefficient (Wildman–Crippen LogP) is 2.46. The maximum absolute atomic E-state index is 13.0. The molecule has 4 nitrogen and oxygen atoms in total. The van der Waals surface area contributed by atoms with Crippen molar-refractivity contribution in [3.8, 4) is 0 Å². The van der Waals surface area contributed by atoms with Gasteiger partial charge in [-0.25, -0.2) is 4.39 Å². The molecule has 0 spiro atoms. The molecule has 0 saturated heterocycles. The van der Waals surface area contributed by atoms with E-state index < -0.39 is 22.2 Å². The molecule has 1 aromatic rings. The number of nitro groups is 1. The number of ketones is 1. The van der Waals surface area contributed by atoms with E-state index >= 15 is 0 Å². The molecule has 0 unspecified atom stereocenters. The van der Waals surface area contributed by atoms with Gasteiger partial charge in [0.15, 0.2) is 5.78 Å². The Bertz CT molecular complexity index is 434. The Morgan fingerprint density at radius 1 is 1.60 bits per heavy atom. The molecule has 0 amide bonds. The predicted molar refractivity (Wildman–Crippen MR) is 52.8 cm³/mol. The number of Topliss-reactive ketones (excluding diaryl/α,β-unsaturated/α-hetero) is 1. The van der Waals surface area contributed by atoms with E-state index in [1.54, 1.807) is 0 Å². The van der Waals surface area contributed by atoms with Crippen LogP contribution < -0.4 is 0 Å². The number of aryl methyl sites for hydroxylation is 1. The van der Waals surface area contributed by atoms with Gasteiger partial charge in [-0.1, -0.05) is 0 Å². The Balaban J connectivity index is 3.41. The first-order valence-corrected chi connectivity index (χ1v) is 4.54. The van der Waals surface area contributed by atoms with Crippen molar-refractivity contribution >= 4 is 23.1 Å². The number of benzene rings is 1. The first kappa shape index (κ1) is 11.6. The molecule has 0 atom stereocenters. The second-order valence-electron chi connectivity index (χ2n) is 2.93. The van der Waals surface area contributed by atoms with Crippen molar-refractivity contribution < 1.29 is 14.1 Å². The average molecular weight is 232 g/mol. The lowest BCUT2D eigenvalue weighted by molar-refractivity contribution is -0.385. The number of carbonyl (C=O) groups excluding carboxylic acids is 1. The van der Waals surface area contributed by atoms with Gasteiger partial charge in [-0.2, -0.15) is 0 Å². The minimum Gasteiger partial charge on any atom is -0.293 e. The monoisotopic (exact) mass is 231 g/mol. The summed E-state index contributed by atoms with van der Waals surface area (Å²) in [4.78, 5) is 21.0. The van der Waals surface area contributed by atoms with Crippen LogP contribution in [0.1, 0.15) is 15.9 Å². The fourth-order valence-electron chi connectivity index (χ4n) is 1.12. The van der Waals surface area contributed by atoms with Crippen LogP contribution in [0, 0.1) is 22.9 Å². The Kier molecular flexibility index (Phi) is 3.36. The van der Waals surface area contributed by atoms with Crippen molar-refractivity contribution in [2.24, 2.45) is 0 Å². The summed E-state index contributed by atoms with van der Waals surface area (Å²) in [5, 5.41) is 10.5. The van der Waals surface area contributed by atoms with Gasteiger partial charge in [0, 0.05) is 0 Å². The van der Waals surface area contributed by atoms with Crippen LogP contribution in [0.5, 0.6) is 0 Å². The maximum atomic E-state index is 13.0. The molecule has 1 aromatic carbocycles. The van der Waals surface area contributed by atoms with E-state index in [9.17, 15) is 19.3 Å². The number of nitro benzene ring substituents is 1. The van der Waals surface area contributed by atoms with Crippen LogP contribution >= 0.6 is 11.6 Å². The smallest absolute Gasteiger partial charge is 0.283 e. The Hall–Kier alpha value is -1.49. The number of rotatable bonds is 3. The van der Waals surface area contributed by atoms with E-state index in [-0.39, 0.29) is 17.0 Å². The fraction of sp³-hybridized carbons (Fsp3) is 0.222. The first-order valence-electron chi connectivity index (χ1n) is 4.01. The van der Waals surface area contributed by atoms with Crippen LogP contribution in [-0.4, -0.2) is 16.6 Å². The minimum atomic E-state index is -0.803. The van der Waals surface area contributed by atoms with Crippen molar-refractivity contribution in [3.05, 3.63) is 39.2 Å². The van der Waals surface area contributed by atoms with E-state index in [4.69, 9.17) is 11.6 Å². The second kappa shape index (κ2) is 4.35.